The number of pyridine rings is 1. The minimum atomic E-state index is -0.437. The van der Waals surface area contributed by atoms with Crippen LogP contribution in [0, 0.1) is 6.92 Å². The maximum atomic E-state index is 12.5. The number of carbonyl (C=O) groups is 1. The average molecular weight is 374 g/mol. The molecule has 7 nitrogen and oxygen atoms in total. The highest BCUT2D eigenvalue weighted by Crippen LogP contribution is 2.25. The summed E-state index contributed by atoms with van der Waals surface area (Å²) < 4.78 is 2.13. The molecule has 0 spiro atoms. The Morgan fingerprint density at radius 3 is 2.70 bits per heavy atom. The number of carbonyl (C=O) groups excluding carboxylic acids is 1. The van der Waals surface area contributed by atoms with Crippen molar-refractivity contribution in [3.05, 3.63) is 58.7 Å². The van der Waals surface area contributed by atoms with Crippen molar-refractivity contribution < 1.29 is 9.90 Å². The molecule has 0 aliphatic heterocycles. The molecule has 0 bridgehead atoms. The molecule has 0 saturated carbocycles. The smallest absolute Gasteiger partial charge is 0.275 e. The lowest BCUT2D eigenvalue weighted by Crippen LogP contribution is -2.15. The third-order valence-corrected chi connectivity index (χ3v) is 3.77. The van der Waals surface area contributed by atoms with Crippen LogP contribution in [0.25, 0.3) is 5.82 Å². The monoisotopic (exact) mass is 373 g/mol. The highest BCUT2D eigenvalue weighted by molar-refractivity contribution is 9.10. The summed E-state index contributed by atoms with van der Waals surface area (Å²) in [4.78, 5) is 16.8. The van der Waals surface area contributed by atoms with Crippen LogP contribution in [0.1, 0.15) is 16.1 Å². The van der Waals surface area contributed by atoms with Crippen LogP contribution in [0.4, 0.5) is 5.69 Å². The van der Waals surface area contributed by atoms with Gasteiger partial charge in [-0.1, -0.05) is 6.07 Å². The van der Waals surface area contributed by atoms with E-state index in [1.54, 1.807) is 28.8 Å². The second-order valence-electron chi connectivity index (χ2n) is 4.84. The zero-order valence-electron chi connectivity index (χ0n) is 12.1. The van der Waals surface area contributed by atoms with Crippen LogP contribution in [0.3, 0.4) is 0 Å². The van der Waals surface area contributed by atoms with Gasteiger partial charge in [-0.15, -0.1) is 10.2 Å². The van der Waals surface area contributed by atoms with Gasteiger partial charge in [0.05, 0.1) is 5.69 Å². The van der Waals surface area contributed by atoms with E-state index in [-0.39, 0.29) is 11.4 Å². The number of hydrogen-bond acceptors (Lipinski definition) is 5. The second-order valence-corrected chi connectivity index (χ2v) is 5.70. The van der Waals surface area contributed by atoms with Crippen molar-refractivity contribution in [2.75, 3.05) is 5.32 Å². The van der Waals surface area contributed by atoms with E-state index in [2.05, 4.69) is 36.4 Å². The van der Waals surface area contributed by atoms with Crippen molar-refractivity contribution in [1.29, 1.82) is 0 Å². The quantitative estimate of drug-likeness (QED) is 0.688. The molecule has 0 atom stereocenters. The van der Waals surface area contributed by atoms with Crippen molar-refractivity contribution in [2.45, 2.75) is 6.92 Å². The number of benzene rings is 1. The maximum absolute atomic E-state index is 12.5. The molecule has 2 N–H and O–H groups in total. The van der Waals surface area contributed by atoms with E-state index in [4.69, 9.17) is 0 Å². The number of amides is 1. The highest BCUT2D eigenvalue weighted by atomic mass is 79.9. The van der Waals surface area contributed by atoms with Crippen LogP contribution < -0.4 is 5.32 Å². The molecule has 0 aliphatic carbocycles. The molecule has 0 aliphatic rings. The first kappa shape index (κ1) is 15.2. The molecule has 0 unspecified atom stereocenters. The van der Waals surface area contributed by atoms with Gasteiger partial charge in [-0.05, 0) is 52.7 Å². The summed E-state index contributed by atoms with van der Waals surface area (Å²) in [7, 11) is 0. The third kappa shape index (κ3) is 3.21. The van der Waals surface area contributed by atoms with Gasteiger partial charge in [0.2, 0.25) is 0 Å². The SMILES string of the molecule is Cc1ccc(O)c(NC(=O)c2nc(-n3cnnc3)ccc2Br)c1. The van der Waals surface area contributed by atoms with Gasteiger partial charge in [0.15, 0.2) is 0 Å². The number of aromatic hydroxyl groups is 1. The summed E-state index contributed by atoms with van der Waals surface area (Å²) in [5, 5.41) is 19.9. The Labute approximate surface area is 140 Å². The molecule has 0 fully saturated rings. The van der Waals surface area contributed by atoms with Gasteiger partial charge >= 0.3 is 0 Å². The van der Waals surface area contributed by atoms with E-state index in [9.17, 15) is 9.90 Å². The van der Waals surface area contributed by atoms with Crippen LogP contribution in [0.5, 0.6) is 5.75 Å². The molecule has 0 radical (unpaired) electrons. The van der Waals surface area contributed by atoms with Crippen molar-refractivity contribution in [3.8, 4) is 11.6 Å². The van der Waals surface area contributed by atoms with Gasteiger partial charge in [-0.3, -0.25) is 9.36 Å². The average Bonchev–Trinajstić information content (AvgIpc) is 3.05. The number of hydrogen-bond donors (Lipinski definition) is 2. The van der Waals surface area contributed by atoms with Crippen LogP contribution in [0.2, 0.25) is 0 Å². The van der Waals surface area contributed by atoms with Gasteiger partial charge in [0, 0.05) is 4.47 Å². The van der Waals surface area contributed by atoms with Gasteiger partial charge < -0.3 is 10.4 Å². The van der Waals surface area contributed by atoms with E-state index < -0.39 is 5.91 Å². The third-order valence-electron chi connectivity index (χ3n) is 3.13. The number of anilines is 1. The fourth-order valence-electron chi connectivity index (χ4n) is 1.99. The molecule has 2 aromatic heterocycles. The minimum Gasteiger partial charge on any atom is -0.506 e. The molecule has 0 saturated heterocycles. The van der Waals surface area contributed by atoms with E-state index in [1.165, 1.54) is 18.7 Å². The van der Waals surface area contributed by atoms with Gasteiger partial charge in [-0.25, -0.2) is 4.98 Å². The summed E-state index contributed by atoms with van der Waals surface area (Å²) in [6.07, 6.45) is 2.98. The van der Waals surface area contributed by atoms with Crippen molar-refractivity contribution >= 4 is 27.5 Å². The Kier molecular flexibility index (Phi) is 4.07. The predicted molar refractivity (Wildman–Crippen MR) is 87.7 cm³/mol. The number of phenols is 1. The summed E-state index contributed by atoms with van der Waals surface area (Å²) in [6, 6.07) is 8.42. The Morgan fingerprint density at radius 1 is 1.22 bits per heavy atom. The number of nitrogens with one attached hydrogen (secondary N) is 1. The number of aryl methyl sites for hydroxylation is 1. The largest absolute Gasteiger partial charge is 0.506 e. The Bertz CT molecular complexity index is 864. The molecule has 8 heteroatoms. The second kappa shape index (κ2) is 6.17. The van der Waals surface area contributed by atoms with Gasteiger partial charge in [-0.2, -0.15) is 0 Å². The molecule has 1 amide bonds. The zero-order valence-corrected chi connectivity index (χ0v) is 13.6. The molecule has 3 rings (SSSR count). The lowest BCUT2D eigenvalue weighted by molar-refractivity contribution is 0.102. The lowest BCUT2D eigenvalue weighted by atomic mass is 10.2. The fourth-order valence-corrected chi connectivity index (χ4v) is 2.39. The molecule has 1 aromatic carbocycles. The maximum Gasteiger partial charge on any atom is 0.275 e. The molecule has 116 valence electrons. The number of phenolic OH excluding ortho intramolecular Hbond substituents is 1. The Morgan fingerprint density at radius 2 is 1.96 bits per heavy atom. The first-order valence-electron chi connectivity index (χ1n) is 6.67. The Hall–Kier alpha value is -2.74. The van der Waals surface area contributed by atoms with Crippen molar-refractivity contribution in [1.82, 2.24) is 19.7 Å². The van der Waals surface area contributed by atoms with E-state index in [1.807, 2.05) is 6.92 Å². The first-order chi connectivity index (χ1) is 11.0. The number of nitrogens with zero attached hydrogens (tertiary/aromatic N) is 4. The van der Waals surface area contributed by atoms with Crippen molar-refractivity contribution in [3.63, 3.8) is 0 Å². The summed E-state index contributed by atoms with van der Waals surface area (Å²) in [6.45, 7) is 1.87. The molecular formula is C15H12BrN5O2. The van der Waals surface area contributed by atoms with E-state index in [0.29, 0.717) is 16.0 Å². The highest BCUT2D eigenvalue weighted by Gasteiger charge is 2.15. The molecule has 23 heavy (non-hydrogen) atoms. The summed E-state index contributed by atoms with van der Waals surface area (Å²) in [5.41, 5.74) is 1.44. The van der Waals surface area contributed by atoms with Crippen LogP contribution >= 0.6 is 15.9 Å². The first-order valence-corrected chi connectivity index (χ1v) is 7.46. The van der Waals surface area contributed by atoms with Gasteiger partial charge in [0.25, 0.3) is 5.91 Å². The molecule has 3 aromatic rings. The lowest BCUT2D eigenvalue weighted by Gasteiger charge is -2.10. The van der Waals surface area contributed by atoms with Gasteiger partial charge in [0.1, 0.15) is 29.9 Å². The van der Waals surface area contributed by atoms with Crippen LogP contribution in [-0.2, 0) is 0 Å². The predicted octanol–water partition coefficient (Wildman–Crippen LogP) is 2.69. The zero-order chi connectivity index (χ0) is 16.4. The van der Waals surface area contributed by atoms with E-state index in [0.717, 1.165) is 5.56 Å². The number of halogens is 1. The number of aromatic nitrogens is 4. The van der Waals surface area contributed by atoms with E-state index >= 15 is 0 Å². The summed E-state index contributed by atoms with van der Waals surface area (Å²) in [5.74, 6) is 0.0690. The Balaban J connectivity index is 1.93. The minimum absolute atomic E-state index is 0.00460. The topological polar surface area (TPSA) is 92.9 Å². The standard InChI is InChI=1S/C15H12BrN5O2/c1-9-2-4-12(22)11(6-9)19-15(23)14-10(16)3-5-13(20-14)21-7-17-18-8-21/h2-8,22H,1H3,(H,19,23). The fraction of sp³-hybridized carbons (Fsp3) is 0.0667. The van der Waals surface area contributed by atoms with Crippen molar-refractivity contribution in [2.24, 2.45) is 0 Å². The van der Waals surface area contributed by atoms with Crippen LogP contribution in [-0.4, -0.2) is 30.8 Å². The normalized spacial score (nSPS) is 10.5. The van der Waals surface area contributed by atoms with Crippen LogP contribution in [0.15, 0.2) is 47.5 Å². The summed E-state index contributed by atoms with van der Waals surface area (Å²) >= 11 is 3.31. The molecular weight excluding hydrogens is 362 g/mol. The number of rotatable bonds is 3. The molecule has 2 heterocycles.